The minimum absolute atomic E-state index is 0.448. The number of rotatable bonds is 1. The molecular formula is C10H19N3. The van der Waals surface area contributed by atoms with Crippen molar-refractivity contribution in [2.24, 2.45) is 16.6 Å². The Morgan fingerprint density at radius 1 is 1.31 bits per heavy atom. The van der Waals surface area contributed by atoms with Crippen LogP contribution in [-0.2, 0) is 0 Å². The number of nitrogens with zero attached hydrogens (tertiary/aromatic N) is 2. The molecule has 1 aliphatic carbocycles. The van der Waals surface area contributed by atoms with Gasteiger partial charge in [-0.05, 0) is 25.7 Å². The molecule has 0 unspecified atom stereocenters. The third kappa shape index (κ3) is 1.85. The van der Waals surface area contributed by atoms with Crippen LogP contribution in [-0.4, -0.2) is 36.9 Å². The molecule has 2 aliphatic rings. The van der Waals surface area contributed by atoms with Crippen LogP contribution in [0.2, 0.25) is 0 Å². The summed E-state index contributed by atoms with van der Waals surface area (Å²) in [4.78, 5) is 6.87. The van der Waals surface area contributed by atoms with E-state index in [0.29, 0.717) is 12.0 Å². The first-order valence-corrected chi connectivity index (χ1v) is 5.28. The second-order valence-electron chi connectivity index (χ2n) is 4.27. The highest BCUT2D eigenvalue weighted by molar-refractivity contribution is 5.85. The van der Waals surface area contributed by atoms with E-state index in [1.165, 1.54) is 31.5 Å². The van der Waals surface area contributed by atoms with Crippen LogP contribution in [0.5, 0.6) is 0 Å². The molecule has 1 heterocycles. The van der Waals surface area contributed by atoms with Crippen LogP contribution in [0, 0.1) is 5.92 Å². The summed E-state index contributed by atoms with van der Waals surface area (Å²) in [5.41, 5.74) is 5.88. The van der Waals surface area contributed by atoms with Gasteiger partial charge in [0, 0.05) is 25.6 Å². The van der Waals surface area contributed by atoms with Crippen molar-refractivity contribution >= 4 is 5.84 Å². The lowest BCUT2D eigenvalue weighted by atomic mass is 9.85. The Hall–Kier alpha value is -0.570. The van der Waals surface area contributed by atoms with E-state index >= 15 is 0 Å². The third-order valence-corrected chi connectivity index (χ3v) is 3.24. The Morgan fingerprint density at radius 3 is 2.54 bits per heavy atom. The van der Waals surface area contributed by atoms with E-state index in [2.05, 4.69) is 16.9 Å². The van der Waals surface area contributed by atoms with Crippen molar-refractivity contribution in [3.05, 3.63) is 0 Å². The SMILES string of the molecule is CN1CCN=C1C1CCC(N)CC1. The number of amidine groups is 1. The zero-order chi connectivity index (χ0) is 9.26. The Kier molecular flexibility index (Phi) is 2.54. The van der Waals surface area contributed by atoms with Crippen molar-refractivity contribution in [2.75, 3.05) is 20.1 Å². The standard InChI is InChI=1S/C10H19N3/c1-13-7-6-12-10(13)8-2-4-9(11)5-3-8/h8-9H,2-7,11H2,1H3. The summed E-state index contributed by atoms with van der Waals surface area (Å²) >= 11 is 0. The van der Waals surface area contributed by atoms with Crippen molar-refractivity contribution in [1.82, 2.24) is 4.90 Å². The lowest BCUT2D eigenvalue weighted by molar-refractivity contribution is 0.369. The fraction of sp³-hybridized carbons (Fsp3) is 0.900. The molecule has 0 bridgehead atoms. The minimum atomic E-state index is 0.448. The zero-order valence-corrected chi connectivity index (χ0v) is 8.37. The molecule has 74 valence electrons. The van der Waals surface area contributed by atoms with Gasteiger partial charge in [-0.15, -0.1) is 0 Å². The first-order chi connectivity index (χ1) is 6.27. The van der Waals surface area contributed by atoms with Gasteiger partial charge >= 0.3 is 0 Å². The number of hydrogen-bond acceptors (Lipinski definition) is 3. The Morgan fingerprint density at radius 2 is 2.00 bits per heavy atom. The monoisotopic (exact) mass is 181 g/mol. The second-order valence-corrected chi connectivity index (χ2v) is 4.27. The quantitative estimate of drug-likeness (QED) is 0.651. The molecule has 1 fully saturated rings. The molecule has 1 saturated carbocycles. The highest BCUT2D eigenvalue weighted by Gasteiger charge is 2.26. The molecule has 0 amide bonds. The van der Waals surface area contributed by atoms with Crippen molar-refractivity contribution < 1.29 is 0 Å². The average molecular weight is 181 g/mol. The van der Waals surface area contributed by atoms with Crippen LogP contribution in [0.25, 0.3) is 0 Å². The molecule has 2 rings (SSSR count). The van der Waals surface area contributed by atoms with Crippen LogP contribution in [0.3, 0.4) is 0 Å². The minimum Gasteiger partial charge on any atom is -0.361 e. The maximum Gasteiger partial charge on any atom is 0.102 e. The molecule has 13 heavy (non-hydrogen) atoms. The Balaban J connectivity index is 1.94. The third-order valence-electron chi connectivity index (χ3n) is 3.24. The van der Waals surface area contributed by atoms with E-state index in [1.807, 2.05) is 0 Å². The molecule has 3 nitrogen and oxygen atoms in total. The van der Waals surface area contributed by atoms with Crippen LogP contribution in [0.1, 0.15) is 25.7 Å². The van der Waals surface area contributed by atoms with Crippen molar-refractivity contribution in [1.29, 1.82) is 0 Å². The van der Waals surface area contributed by atoms with E-state index < -0.39 is 0 Å². The van der Waals surface area contributed by atoms with Gasteiger partial charge in [-0.2, -0.15) is 0 Å². The normalized spacial score (nSPS) is 34.9. The number of hydrogen-bond donors (Lipinski definition) is 1. The summed E-state index contributed by atoms with van der Waals surface area (Å²) in [6.45, 7) is 2.10. The van der Waals surface area contributed by atoms with Crippen molar-refractivity contribution in [3.8, 4) is 0 Å². The van der Waals surface area contributed by atoms with Crippen LogP contribution in [0.15, 0.2) is 4.99 Å². The largest absolute Gasteiger partial charge is 0.361 e. The Labute approximate surface area is 80.0 Å². The summed E-state index contributed by atoms with van der Waals surface area (Å²) in [7, 11) is 2.15. The fourth-order valence-corrected chi connectivity index (χ4v) is 2.37. The van der Waals surface area contributed by atoms with Gasteiger partial charge in [-0.3, -0.25) is 4.99 Å². The van der Waals surface area contributed by atoms with Gasteiger partial charge in [0.15, 0.2) is 0 Å². The summed E-state index contributed by atoms with van der Waals surface area (Å²) in [5.74, 6) is 2.04. The highest BCUT2D eigenvalue weighted by Crippen LogP contribution is 2.26. The first-order valence-electron chi connectivity index (χ1n) is 5.28. The number of nitrogens with two attached hydrogens (primary N) is 1. The van der Waals surface area contributed by atoms with Gasteiger partial charge in [-0.25, -0.2) is 0 Å². The summed E-state index contributed by atoms with van der Waals surface area (Å²) < 4.78 is 0. The van der Waals surface area contributed by atoms with Gasteiger partial charge in [0.1, 0.15) is 5.84 Å². The molecule has 1 aliphatic heterocycles. The molecule has 0 spiro atoms. The lowest BCUT2D eigenvalue weighted by Crippen LogP contribution is -2.35. The smallest absolute Gasteiger partial charge is 0.102 e. The van der Waals surface area contributed by atoms with E-state index in [4.69, 9.17) is 5.73 Å². The molecule has 0 aromatic rings. The van der Waals surface area contributed by atoms with Crippen LogP contribution >= 0.6 is 0 Å². The molecule has 0 aromatic carbocycles. The van der Waals surface area contributed by atoms with Gasteiger partial charge in [-0.1, -0.05) is 0 Å². The van der Waals surface area contributed by atoms with Gasteiger partial charge in [0.05, 0.1) is 6.54 Å². The average Bonchev–Trinajstić information content (AvgIpc) is 2.53. The van der Waals surface area contributed by atoms with Gasteiger partial charge < -0.3 is 10.6 Å². The molecule has 3 heteroatoms. The predicted octanol–water partition coefficient (Wildman–Crippen LogP) is 0.848. The molecule has 0 atom stereocenters. The molecular weight excluding hydrogens is 162 g/mol. The number of aliphatic imine (C=N–C) groups is 1. The van der Waals surface area contributed by atoms with Crippen molar-refractivity contribution in [3.63, 3.8) is 0 Å². The summed E-state index contributed by atoms with van der Waals surface area (Å²) in [6.07, 6.45) is 4.84. The maximum absolute atomic E-state index is 5.88. The fourth-order valence-electron chi connectivity index (χ4n) is 2.37. The Bertz CT molecular complexity index is 204. The van der Waals surface area contributed by atoms with Crippen LogP contribution in [0.4, 0.5) is 0 Å². The van der Waals surface area contributed by atoms with E-state index in [0.717, 1.165) is 13.1 Å². The number of likely N-dealkylation sites (N-methyl/N-ethyl adjacent to an activating group) is 1. The second kappa shape index (κ2) is 3.66. The van der Waals surface area contributed by atoms with E-state index in [-0.39, 0.29) is 0 Å². The van der Waals surface area contributed by atoms with E-state index in [1.54, 1.807) is 0 Å². The van der Waals surface area contributed by atoms with Crippen LogP contribution < -0.4 is 5.73 Å². The zero-order valence-electron chi connectivity index (χ0n) is 8.37. The van der Waals surface area contributed by atoms with E-state index in [9.17, 15) is 0 Å². The lowest BCUT2D eigenvalue weighted by Gasteiger charge is -2.29. The maximum atomic E-state index is 5.88. The topological polar surface area (TPSA) is 41.6 Å². The van der Waals surface area contributed by atoms with Gasteiger partial charge in [0.2, 0.25) is 0 Å². The summed E-state index contributed by atoms with van der Waals surface area (Å²) in [6, 6.07) is 0.448. The first kappa shape index (κ1) is 9.00. The molecule has 0 aromatic heterocycles. The molecule has 0 saturated heterocycles. The van der Waals surface area contributed by atoms with Crippen molar-refractivity contribution in [2.45, 2.75) is 31.7 Å². The molecule has 0 radical (unpaired) electrons. The highest BCUT2D eigenvalue weighted by atomic mass is 15.2. The predicted molar refractivity (Wildman–Crippen MR) is 54.9 cm³/mol. The van der Waals surface area contributed by atoms with Gasteiger partial charge in [0.25, 0.3) is 0 Å². The summed E-state index contributed by atoms with van der Waals surface area (Å²) in [5, 5.41) is 0. The molecule has 2 N–H and O–H groups in total.